The second-order valence-corrected chi connectivity index (χ2v) is 3.37. The lowest BCUT2D eigenvalue weighted by atomic mass is 10.0. The van der Waals surface area contributed by atoms with Gasteiger partial charge in [-0.05, 0) is 29.0 Å². The average Bonchev–Trinajstić information content (AvgIpc) is 2.28. The standard InChI is InChI=1S/C12H8O4/c13-5-8-3-9-7(4-12(8)16)1-2-11(15)10(9)6-14/h1-6,15-16H. The normalized spacial score (nSPS) is 10.2. The summed E-state index contributed by atoms with van der Waals surface area (Å²) >= 11 is 0. The molecule has 0 atom stereocenters. The Morgan fingerprint density at radius 1 is 0.938 bits per heavy atom. The topological polar surface area (TPSA) is 74.6 Å². The first-order valence-electron chi connectivity index (χ1n) is 4.56. The van der Waals surface area contributed by atoms with Gasteiger partial charge in [0.2, 0.25) is 0 Å². The Kier molecular flexibility index (Phi) is 2.32. The molecular formula is C12H8O4. The maximum absolute atomic E-state index is 10.8. The van der Waals surface area contributed by atoms with Gasteiger partial charge in [-0.2, -0.15) is 0 Å². The van der Waals surface area contributed by atoms with Gasteiger partial charge in [0.1, 0.15) is 11.5 Å². The van der Waals surface area contributed by atoms with Crippen LogP contribution >= 0.6 is 0 Å². The molecule has 2 aromatic carbocycles. The molecule has 80 valence electrons. The molecule has 0 saturated carbocycles. The Bertz CT molecular complexity index is 587. The van der Waals surface area contributed by atoms with Gasteiger partial charge in [-0.3, -0.25) is 9.59 Å². The quantitative estimate of drug-likeness (QED) is 0.751. The van der Waals surface area contributed by atoms with E-state index in [2.05, 4.69) is 0 Å². The van der Waals surface area contributed by atoms with E-state index in [1.165, 1.54) is 18.2 Å². The fourth-order valence-corrected chi connectivity index (χ4v) is 1.61. The molecule has 0 aliphatic carbocycles. The molecule has 0 amide bonds. The number of hydrogen-bond acceptors (Lipinski definition) is 4. The van der Waals surface area contributed by atoms with Gasteiger partial charge < -0.3 is 10.2 Å². The minimum atomic E-state index is -0.148. The Labute approximate surface area is 90.8 Å². The first kappa shape index (κ1) is 10.2. The fourth-order valence-electron chi connectivity index (χ4n) is 1.61. The van der Waals surface area contributed by atoms with E-state index in [1.54, 1.807) is 6.07 Å². The molecule has 0 fully saturated rings. The first-order chi connectivity index (χ1) is 7.67. The molecule has 0 unspecified atom stereocenters. The summed E-state index contributed by atoms with van der Waals surface area (Å²) in [6.07, 6.45) is 1.01. The van der Waals surface area contributed by atoms with Crippen molar-refractivity contribution in [3.8, 4) is 11.5 Å². The maximum Gasteiger partial charge on any atom is 0.154 e. The molecule has 0 heterocycles. The first-order valence-corrected chi connectivity index (χ1v) is 4.56. The zero-order chi connectivity index (χ0) is 11.7. The van der Waals surface area contributed by atoms with Crippen molar-refractivity contribution in [1.29, 1.82) is 0 Å². The van der Waals surface area contributed by atoms with Gasteiger partial charge in [-0.25, -0.2) is 0 Å². The predicted molar refractivity (Wildman–Crippen MR) is 58.1 cm³/mol. The maximum atomic E-state index is 10.8. The van der Waals surface area contributed by atoms with Gasteiger partial charge in [0, 0.05) is 0 Å². The Morgan fingerprint density at radius 2 is 1.69 bits per heavy atom. The third kappa shape index (κ3) is 1.40. The molecule has 4 heteroatoms. The molecule has 0 aromatic heterocycles. The monoisotopic (exact) mass is 216 g/mol. The van der Waals surface area contributed by atoms with Crippen LogP contribution in [-0.4, -0.2) is 22.8 Å². The van der Waals surface area contributed by atoms with Gasteiger partial charge in [-0.15, -0.1) is 0 Å². The van der Waals surface area contributed by atoms with E-state index in [0.717, 1.165) is 0 Å². The van der Waals surface area contributed by atoms with E-state index in [0.29, 0.717) is 23.3 Å². The molecule has 0 saturated heterocycles. The number of carbonyl (C=O) groups is 2. The molecule has 0 aliphatic rings. The number of phenolic OH excluding ortho intramolecular Hbond substituents is 2. The smallest absolute Gasteiger partial charge is 0.154 e. The summed E-state index contributed by atoms with van der Waals surface area (Å²) in [5, 5.41) is 19.9. The summed E-state index contributed by atoms with van der Waals surface area (Å²) in [4.78, 5) is 21.5. The molecule has 0 bridgehead atoms. The van der Waals surface area contributed by atoms with Crippen molar-refractivity contribution >= 4 is 23.3 Å². The molecule has 0 radical (unpaired) electrons. The number of hydrogen-bond donors (Lipinski definition) is 2. The number of rotatable bonds is 2. The Morgan fingerprint density at radius 3 is 2.31 bits per heavy atom. The van der Waals surface area contributed by atoms with Crippen LogP contribution in [0.2, 0.25) is 0 Å². The lowest BCUT2D eigenvalue weighted by Crippen LogP contribution is -1.88. The molecular weight excluding hydrogens is 208 g/mol. The average molecular weight is 216 g/mol. The summed E-state index contributed by atoms with van der Waals surface area (Å²) in [5.41, 5.74) is 0.196. The minimum absolute atomic E-state index is 0.0844. The minimum Gasteiger partial charge on any atom is -0.507 e. The van der Waals surface area contributed by atoms with Crippen molar-refractivity contribution in [3.63, 3.8) is 0 Å². The number of aromatic hydroxyl groups is 2. The molecule has 4 nitrogen and oxygen atoms in total. The zero-order valence-corrected chi connectivity index (χ0v) is 8.18. The van der Waals surface area contributed by atoms with Crippen molar-refractivity contribution in [2.45, 2.75) is 0 Å². The highest BCUT2D eigenvalue weighted by Gasteiger charge is 2.09. The lowest BCUT2D eigenvalue weighted by molar-refractivity contribution is 0.111. The van der Waals surface area contributed by atoms with Gasteiger partial charge in [0.15, 0.2) is 12.6 Å². The Balaban J connectivity index is 2.91. The molecule has 0 aliphatic heterocycles. The second kappa shape index (κ2) is 3.66. The van der Waals surface area contributed by atoms with E-state index in [9.17, 15) is 19.8 Å². The van der Waals surface area contributed by atoms with E-state index in [-0.39, 0.29) is 22.6 Å². The number of carbonyl (C=O) groups excluding carboxylic acids is 2. The van der Waals surface area contributed by atoms with Crippen molar-refractivity contribution in [2.75, 3.05) is 0 Å². The van der Waals surface area contributed by atoms with Crippen LogP contribution in [0, 0.1) is 0 Å². The summed E-state index contributed by atoms with van der Waals surface area (Å²) in [6, 6.07) is 5.69. The van der Waals surface area contributed by atoms with Gasteiger partial charge in [0.25, 0.3) is 0 Å². The lowest BCUT2D eigenvalue weighted by Gasteiger charge is -2.05. The van der Waals surface area contributed by atoms with Crippen LogP contribution in [-0.2, 0) is 0 Å². The van der Waals surface area contributed by atoms with Crippen molar-refractivity contribution in [2.24, 2.45) is 0 Å². The van der Waals surface area contributed by atoms with Gasteiger partial charge >= 0.3 is 0 Å². The SMILES string of the molecule is O=Cc1cc2c(C=O)c(O)ccc2cc1O. The third-order valence-electron chi connectivity index (χ3n) is 2.43. The number of fused-ring (bicyclic) bond motifs is 1. The van der Waals surface area contributed by atoms with E-state index in [1.807, 2.05) is 0 Å². The summed E-state index contributed by atoms with van der Waals surface area (Å²) in [6.45, 7) is 0. The summed E-state index contributed by atoms with van der Waals surface area (Å²) in [7, 11) is 0. The fraction of sp³-hybridized carbons (Fsp3) is 0. The number of aldehydes is 2. The second-order valence-electron chi connectivity index (χ2n) is 3.37. The van der Waals surface area contributed by atoms with Crippen LogP contribution < -0.4 is 0 Å². The predicted octanol–water partition coefficient (Wildman–Crippen LogP) is 1.88. The molecule has 2 N–H and O–H groups in total. The highest BCUT2D eigenvalue weighted by molar-refractivity contribution is 6.03. The van der Waals surface area contributed by atoms with Crippen LogP contribution in [0.3, 0.4) is 0 Å². The Hall–Kier alpha value is -2.36. The number of benzene rings is 2. The van der Waals surface area contributed by atoms with Crippen LogP contribution in [0.1, 0.15) is 20.7 Å². The summed E-state index contributed by atoms with van der Waals surface area (Å²) in [5.74, 6) is -0.296. The third-order valence-corrected chi connectivity index (χ3v) is 2.43. The van der Waals surface area contributed by atoms with Crippen molar-refractivity contribution < 1.29 is 19.8 Å². The molecule has 2 aromatic rings. The van der Waals surface area contributed by atoms with Crippen LogP contribution in [0.15, 0.2) is 24.3 Å². The van der Waals surface area contributed by atoms with Crippen molar-refractivity contribution in [3.05, 3.63) is 35.4 Å². The number of phenols is 2. The van der Waals surface area contributed by atoms with Gasteiger partial charge in [0.05, 0.1) is 11.1 Å². The van der Waals surface area contributed by atoms with E-state index < -0.39 is 0 Å². The van der Waals surface area contributed by atoms with E-state index in [4.69, 9.17) is 0 Å². The van der Waals surface area contributed by atoms with Crippen LogP contribution in [0.5, 0.6) is 11.5 Å². The van der Waals surface area contributed by atoms with E-state index >= 15 is 0 Å². The van der Waals surface area contributed by atoms with Crippen LogP contribution in [0.4, 0.5) is 0 Å². The molecule has 0 spiro atoms. The van der Waals surface area contributed by atoms with Crippen molar-refractivity contribution in [1.82, 2.24) is 0 Å². The largest absolute Gasteiger partial charge is 0.507 e. The summed E-state index contributed by atoms with van der Waals surface area (Å²) < 4.78 is 0. The zero-order valence-electron chi connectivity index (χ0n) is 8.18. The van der Waals surface area contributed by atoms with Gasteiger partial charge in [-0.1, -0.05) is 6.07 Å². The highest BCUT2D eigenvalue weighted by Crippen LogP contribution is 2.30. The van der Waals surface area contributed by atoms with Crippen LogP contribution in [0.25, 0.3) is 10.8 Å². The highest BCUT2D eigenvalue weighted by atomic mass is 16.3. The molecule has 16 heavy (non-hydrogen) atoms. The molecule has 2 rings (SSSR count).